The van der Waals surface area contributed by atoms with Gasteiger partial charge in [0.05, 0.1) is 0 Å². The molecular formula is C27H36N4O2. The number of benzene rings is 2. The molecule has 0 bridgehead atoms. The van der Waals surface area contributed by atoms with E-state index in [9.17, 15) is 9.59 Å². The number of hydrogen-bond acceptors (Lipinski definition) is 2. The molecule has 2 aromatic carbocycles. The van der Waals surface area contributed by atoms with Crippen LogP contribution >= 0.6 is 0 Å². The molecule has 0 atom stereocenters. The van der Waals surface area contributed by atoms with Crippen molar-refractivity contribution in [3.8, 4) is 0 Å². The van der Waals surface area contributed by atoms with Gasteiger partial charge in [-0.15, -0.1) is 0 Å². The lowest BCUT2D eigenvalue weighted by Crippen LogP contribution is -2.41. The molecule has 2 aliphatic carbocycles. The number of para-hydroxylation sites is 2. The zero-order valence-corrected chi connectivity index (χ0v) is 19.3. The molecule has 6 nitrogen and oxygen atoms in total. The molecule has 6 heteroatoms. The van der Waals surface area contributed by atoms with Crippen molar-refractivity contribution in [2.75, 3.05) is 10.6 Å². The van der Waals surface area contributed by atoms with Gasteiger partial charge in [-0.25, -0.2) is 9.59 Å². The fourth-order valence-electron chi connectivity index (χ4n) is 5.30. The van der Waals surface area contributed by atoms with Crippen LogP contribution in [0.3, 0.4) is 0 Å². The lowest BCUT2D eigenvalue weighted by molar-refractivity contribution is 0.203. The quantitative estimate of drug-likeness (QED) is 0.428. The molecule has 4 rings (SSSR count). The maximum Gasteiger partial charge on any atom is 0.319 e. The third-order valence-corrected chi connectivity index (χ3v) is 7.09. The summed E-state index contributed by atoms with van der Waals surface area (Å²) in [6.45, 7) is 0. The van der Waals surface area contributed by atoms with E-state index in [-0.39, 0.29) is 24.1 Å². The summed E-state index contributed by atoms with van der Waals surface area (Å²) in [7, 11) is 0. The molecule has 2 aromatic rings. The van der Waals surface area contributed by atoms with Crippen molar-refractivity contribution in [2.24, 2.45) is 11.8 Å². The molecule has 176 valence electrons. The minimum absolute atomic E-state index is 0.105. The zero-order chi connectivity index (χ0) is 22.9. The van der Waals surface area contributed by atoms with Crippen LogP contribution in [-0.2, 0) is 0 Å². The van der Waals surface area contributed by atoms with Gasteiger partial charge in [0.2, 0.25) is 0 Å². The van der Waals surface area contributed by atoms with Crippen molar-refractivity contribution in [1.82, 2.24) is 10.6 Å². The highest BCUT2D eigenvalue weighted by atomic mass is 16.2. The van der Waals surface area contributed by atoms with E-state index in [1.54, 1.807) is 0 Å². The van der Waals surface area contributed by atoms with Crippen molar-refractivity contribution in [3.05, 3.63) is 60.7 Å². The Morgan fingerprint density at radius 3 is 1.30 bits per heavy atom. The fraction of sp³-hybridized carbons (Fsp3) is 0.481. The third-order valence-electron chi connectivity index (χ3n) is 7.09. The van der Waals surface area contributed by atoms with Gasteiger partial charge < -0.3 is 21.3 Å². The van der Waals surface area contributed by atoms with Gasteiger partial charge in [0.15, 0.2) is 0 Å². The second-order valence-corrected chi connectivity index (χ2v) is 9.60. The maximum absolute atomic E-state index is 12.2. The van der Waals surface area contributed by atoms with Crippen LogP contribution in [0.2, 0.25) is 0 Å². The molecule has 2 aliphatic rings. The standard InChI is InChI=1S/C27H36N4O2/c32-26(28-22-7-3-1-4-8-22)30-24-15-11-20(12-16-24)19-21-13-17-25(18-14-21)31-27(33)29-23-9-5-2-6-10-23/h1-10,20-21,24-25H,11-19H2,(H2,28,30,32)(H2,29,31,33). The highest BCUT2D eigenvalue weighted by Gasteiger charge is 2.28. The number of rotatable bonds is 6. The van der Waals surface area contributed by atoms with Gasteiger partial charge in [-0.05, 0) is 93.9 Å². The van der Waals surface area contributed by atoms with Crippen LogP contribution in [0.15, 0.2) is 60.7 Å². The zero-order valence-electron chi connectivity index (χ0n) is 19.3. The molecule has 2 saturated carbocycles. The molecule has 0 heterocycles. The van der Waals surface area contributed by atoms with Gasteiger partial charge in [-0.1, -0.05) is 36.4 Å². The van der Waals surface area contributed by atoms with Crippen LogP contribution in [-0.4, -0.2) is 24.1 Å². The summed E-state index contributed by atoms with van der Waals surface area (Å²) in [4.78, 5) is 24.5. The van der Waals surface area contributed by atoms with Gasteiger partial charge in [-0.3, -0.25) is 0 Å². The second kappa shape index (κ2) is 11.7. The normalized spacial score (nSPS) is 25.0. The topological polar surface area (TPSA) is 82.3 Å². The molecule has 2 fully saturated rings. The average molecular weight is 449 g/mol. The van der Waals surface area contributed by atoms with E-state index in [4.69, 9.17) is 0 Å². The fourth-order valence-corrected chi connectivity index (χ4v) is 5.30. The minimum Gasteiger partial charge on any atom is -0.335 e. The van der Waals surface area contributed by atoms with Crippen molar-refractivity contribution >= 4 is 23.4 Å². The van der Waals surface area contributed by atoms with Crippen LogP contribution in [0, 0.1) is 11.8 Å². The maximum atomic E-state index is 12.2. The molecule has 4 N–H and O–H groups in total. The first kappa shape index (κ1) is 23.1. The van der Waals surface area contributed by atoms with Gasteiger partial charge >= 0.3 is 12.1 Å². The smallest absolute Gasteiger partial charge is 0.319 e. The predicted octanol–water partition coefficient (Wildman–Crippen LogP) is 6.14. The minimum atomic E-state index is -0.105. The van der Waals surface area contributed by atoms with E-state index in [2.05, 4.69) is 21.3 Å². The Morgan fingerprint density at radius 1 is 0.576 bits per heavy atom. The lowest BCUT2D eigenvalue weighted by atomic mass is 9.75. The summed E-state index contributed by atoms with van der Waals surface area (Å²) in [5.74, 6) is 1.52. The molecule has 0 aromatic heterocycles. The van der Waals surface area contributed by atoms with Crippen LogP contribution in [0.5, 0.6) is 0 Å². The average Bonchev–Trinajstić information content (AvgIpc) is 2.83. The largest absolute Gasteiger partial charge is 0.335 e. The lowest BCUT2D eigenvalue weighted by Gasteiger charge is -2.34. The molecule has 33 heavy (non-hydrogen) atoms. The van der Waals surface area contributed by atoms with E-state index in [0.717, 1.165) is 48.9 Å². The van der Waals surface area contributed by atoms with Crippen molar-refractivity contribution in [3.63, 3.8) is 0 Å². The summed E-state index contributed by atoms with van der Waals surface area (Å²) in [6.07, 6.45) is 10.3. The van der Waals surface area contributed by atoms with Gasteiger partial charge in [0.25, 0.3) is 0 Å². The Kier molecular flexibility index (Phi) is 8.23. The van der Waals surface area contributed by atoms with E-state index >= 15 is 0 Å². The second-order valence-electron chi connectivity index (χ2n) is 9.60. The van der Waals surface area contributed by atoms with Gasteiger partial charge in [-0.2, -0.15) is 0 Å². The number of nitrogens with one attached hydrogen (secondary N) is 4. The molecule has 0 spiro atoms. The van der Waals surface area contributed by atoms with Gasteiger partial charge in [0, 0.05) is 23.5 Å². The van der Waals surface area contributed by atoms with Crippen molar-refractivity contribution in [1.29, 1.82) is 0 Å². The Morgan fingerprint density at radius 2 is 0.939 bits per heavy atom. The summed E-state index contributed by atoms with van der Waals surface area (Å²) in [5.41, 5.74) is 1.65. The van der Waals surface area contributed by atoms with Crippen LogP contribution in [0.25, 0.3) is 0 Å². The number of hydrogen-bond donors (Lipinski definition) is 4. The number of anilines is 2. The summed E-state index contributed by atoms with van der Waals surface area (Å²) >= 11 is 0. The molecule has 4 amide bonds. The molecule has 0 saturated heterocycles. The molecule has 0 aliphatic heterocycles. The Labute approximate surface area is 196 Å². The Hall–Kier alpha value is -3.02. The van der Waals surface area contributed by atoms with Crippen molar-refractivity contribution in [2.45, 2.75) is 69.9 Å². The van der Waals surface area contributed by atoms with Crippen LogP contribution in [0.4, 0.5) is 21.0 Å². The summed E-state index contributed by atoms with van der Waals surface area (Å²) in [5, 5.41) is 12.1. The molecular weight excluding hydrogens is 412 g/mol. The Balaban J connectivity index is 1.10. The third kappa shape index (κ3) is 7.52. The molecule has 0 unspecified atom stereocenters. The summed E-state index contributed by atoms with van der Waals surface area (Å²) in [6, 6.07) is 19.5. The summed E-state index contributed by atoms with van der Waals surface area (Å²) < 4.78 is 0. The predicted molar refractivity (Wildman–Crippen MR) is 133 cm³/mol. The van der Waals surface area contributed by atoms with E-state index in [1.165, 1.54) is 32.1 Å². The monoisotopic (exact) mass is 448 g/mol. The Bertz CT molecular complexity index is 800. The highest BCUT2D eigenvalue weighted by molar-refractivity contribution is 5.89. The number of urea groups is 2. The first-order valence-corrected chi connectivity index (χ1v) is 12.4. The van der Waals surface area contributed by atoms with E-state index in [1.807, 2.05) is 60.7 Å². The SMILES string of the molecule is O=C(Nc1ccccc1)NC1CCC(CC2CCC(NC(=O)Nc3ccccc3)CC2)CC1. The van der Waals surface area contributed by atoms with Crippen LogP contribution < -0.4 is 21.3 Å². The highest BCUT2D eigenvalue weighted by Crippen LogP contribution is 2.35. The van der Waals surface area contributed by atoms with Crippen molar-refractivity contribution < 1.29 is 9.59 Å². The first-order chi connectivity index (χ1) is 16.1. The number of carbonyl (C=O) groups excluding carboxylic acids is 2. The van der Waals surface area contributed by atoms with Gasteiger partial charge in [0.1, 0.15) is 0 Å². The number of amides is 4. The molecule has 0 radical (unpaired) electrons. The van der Waals surface area contributed by atoms with E-state index < -0.39 is 0 Å². The van der Waals surface area contributed by atoms with Crippen LogP contribution in [0.1, 0.15) is 57.8 Å². The van der Waals surface area contributed by atoms with E-state index in [0.29, 0.717) is 0 Å². The number of carbonyl (C=O) groups is 2. The first-order valence-electron chi connectivity index (χ1n) is 12.4.